The number of rotatable bonds is 13. The summed E-state index contributed by atoms with van der Waals surface area (Å²) in [5.74, 6) is 3.70. The van der Waals surface area contributed by atoms with Crippen molar-refractivity contribution >= 4 is 11.9 Å². The number of carbonyl (C=O) groups is 2. The summed E-state index contributed by atoms with van der Waals surface area (Å²) in [5, 5.41) is 11.1. The van der Waals surface area contributed by atoms with Gasteiger partial charge in [0.1, 0.15) is 18.5 Å². The van der Waals surface area contributed by atoms with E-state index in [2.05, 4.69) is 40.3 Å². The molecule has 4 aliphatic rings. The Labute approximate surface area is 299 Å². The molecule has 0 heterocycles. The molecule has 50 heavy (non-hydrogen) atoms. The van der Waals surface area contributed by atoms with Gasteiger partial charge in [0, 0.05) is 0 Å². The molecule has 1 N–H and O–H groups in total. The third-order valence-electron chi connectivity index (χ3n) is 13.5. The van der Waals surface area contributed by atoms with E-state index < -0.39 is 12.2 Å². The van der Waals surface area contributed by atoms with Crippen molar-refractivity contribution in [2.75, 3.05) is 13.2 Å². The standard InChI is InChI=1S/C44H58O6/c1-6-27-48-33-17-15-32(16-18-33)41(46)49-28-29(2)11-10-12-30(3)35-21-22-36-34-19-20-38-40(50-42(47)31-13-8-7-9-14-31)39(45)24-26-44(38,5)37(34)23-25-43(35,36)4/h6-9,13-18,20,29-30,34-37,39-40,45H,1,10-12,19,21-28H2,2-5H3/t29?,30-,34+,35-,36+,37+,39+,40?,43-,44-/m1/s1. The minimum atomic E-state index is -0.653. The number of allylic oxidation sites excluding steroid dienone is 1. The Morgan fingerprint density at radius 1 is 0.920 bits per heavy atom. The quantitative estimate of drug-likeness (QED) is 0.167. The van der Waals surface area contributed by atoms with Crippen LogP contribution in [0.15, 0.2) is 78.9 Å². The van der Waals surface area contributed by atoms with Crippen molar-refractivity contribution in [3.05, 3.63) is 90.0 Å². The van der Waals surface area contributed by atoms with Gasteiger partial charge in [-0.15, -0.1) is 0 Å². The van der Waals surface area contributed by atoms with Gasteiger partial charge >= 0.3 is 11.9 Å². The highest BCUT2D eigenvalue weighted by Crippen LogP contribution is 2.67. The molecule has 0 aliphatic heterocycles. The molecular formula is C44H58O6. The third-order valence-corrected chi connectivity index (χ3v) is 13.5. The lowest BCUT2D eigenvalue weighted by molar-refractivity contribution is -0.0845. The van der Waals surface area contributed by atoms with Crippen molar-refractivity contribution in [3.8, 4) is 5.75 Å². The molecule has 4 aliphatic carbocycles. The Kier molecular flexibility index (Phi) is 11.3. The molecule has 0 saturated heterocycles. The van der Waals surface area contributed by atoms with Gasteiger partial charge in [0.05, 0.1) is 23.8 Å². The zero-order chi connectivity index (χ0) is 35.5. The maximum Gasteiger partial charge on any atom is 0.338 e. The molecule has 0 aromatic heterocycles. The lowest BCUT2D eigenvalue weighted by atomic mass is 9.46. The summed E-state index contributed by atoms with van der Waals surface area (Å²) in [6.07, 6.45) is 14.0. The van der Waals surface area contributed by atoms with Crippen LogP contribution < -0.4 is 4.74 Å². The lowest BCUT2D eigenvalue weighted by Crippen LogP contribution is -2.54. The lowest BCUT2D eigenvalue weighted by Gasteiger charge is -2.59. The maximum atomic E-state index is 13.1. The minimum Gasteiger partial charge on any atom is -0.490 e. The summed E-state index contributed by atoms with van der Waals surface area (Å²) in [6, 6.07) is 16.2. The van der Waals surface area contributed by atoms with Crippen LogP contribution in [-0.2, 0) is 9.47 Å². The van der Waals surface area contributed by atoms with Crippen LogP contribution >= 0.6 is 0 Å². The number of aliphatic hydroxyl groups excluding tert-OH is 1. The van der Waals surface area contributed by atoms with E-state index in [0.29, 0.717) is 71.5 Å². The molecule has 6 nitrogen and oxygen atoms in total. The molecular weight excluding hydrogens is 624 g/mol. The predicted octanol–water partition coefficient (Wildman–Crippen LogP) is 9.63. The van der Waals surface area contributed by atoms with Gasteiger partial charge in [0.2, 0.25) is 0 Å². The predicted molar refractivity (Wildman–Crippen MR) is 197 cm³/mol. The van der Waals surface area contributed by atoms with Crippen LogP contribution in [0.3, 0.4) is 0 Å². The highest BCUT2D eigenvalue weighted by Gasteiger charge is 2.60. The molecule has 0 radical (unpaired) electrons. The molecule has 270 valence electrons. The fourth-order valence-electron chi connectivity index (χ4n) is 10.8. The van der Waals surface area contributed by atoms with Gasteiger partial charge in [-0.3, -0.25) is 0 Å². The van der Waals surface area contributed by atoms with Crippen LogP contribution in [-0.4, -0.2) is 42.5 Å². The van der Waals surface area contributed by atoms with Crippen LogP contribution in [0, 0.1) is 46.3 Å². The zero-order valence-electron chi connectivity index (χ0n) is 30.7. The van der Waals surface area contributed by atoms with E-state index in [9.17, 15) is 14.7 Å². The third kappa shape index (κ3) is 7.33. The van der Waals surface area contributed by atoms with Crippen molar-refractivity contribution in [2.24, 2.45) is 46.3 Å². The molecule has 0 spiro atoms. The van der Waals surface area contributed by atoms with E-state index in [4.69, 9.17) is 14.2 Å². The molecule has 2 unspecified atom stereocenters. The van der Waals surface area contributed by atoms with Gasteiger partial charge < -0.3 is 19.3 Å². The first-order valence-corrected chi connectivity index (χ1v) is 19.2. The van der Waals surface area contributed by atoms with Gasteiger partial charge in [0.15, 0.2) is 0 Å². The number of carbonyl (C=O) groups excluding carboxylic acids is 2. The first-order chi connectivity index (χ1) is 24.0. The number of benzene rings is 2. The Bertz CT molecular complexity index is 1510. The number of hydrogen-bond acceptors (Lipinski definition) is 6. The number of ether oxygens (including phenoxy) is 3. The number of esters is 2. The monoisotopic (exact) mass is 682 g/mol. The second kappa shape index (κ2) is 15.5. The first-order valence-electron chi connectivity index (χ1n) is 19.2. The summed E-state index contributed by atoms with van der Waals surface area (Å²) in [4.78, 5) is 25.7. The van der Waals surface area contributed by atoms with E-state index in [1.165, 1.54) is 37.7 Å². The van der Waals surface area contributed by atoms with E-state index in [0.717, 1.165) is 31.6 Å². The fraction of sp³-hybridized carbons (Fsp3) is 0.591. The Morgan fingerprint density at radius 2 is 1.66 bits per heavy atom. The molecule has 2 aromatic rings. The molecule has 3 fully saturated rings. The van der Waals surface area contributed by atoms with Gasteiger partial charge in [-0.25, -0.2) is 9.59 Å². The van der Waals surface area contributed by atoms with Gasteiger partial charge in [-0.05, 0) is 140 Å². The van der Waals surface area contributed by atoms with Crippen molar-refractivity contribution in [2.45, 2.75) is 104 Å². The second-order valence-electron chi connectivity index (χ2n) is 16.5. The highest BCUT2D eigenvalue weighted by atomic mass is 16.6. The van der Waals surface area contributed by atoms with E-state index in [-0.39, 0.29) is 17.4 Å². The number of fused-ring (bicyclic) bond motifs is 5. The molecule has 0 amide bonds. The largest absolute Gasteiger partial charge is 0.490 e. The minimum absolute atomic E-state index is 0.0440. The summed E-state index contributed by atoms with van der Waals surface area (Å²) < 4.78 is 17.3. The van der Waals surface area contributed by atoms with Crippen molar-refractivity contribution in [1.82, 2.24) is 0 Å². The fourth-order valence-corrected chi connectivity index (χ4v) is 10.8. The van der Waals surface area contributed by atoms with E-state index >= 15 is 0 Å². The highest BCUT2D eigenvalue weighted by molar-refractivity contribution is 5.90. The smallest absolute Gasteiger partial charge is 0.338 e. The van der Waals surface area contributed by atoms with Crippen LogP contribution in [0.2, 0.25) is 0 Å². The number of hydrogen-bond donors (Lipinski definition) is 1. The summed E-state index contributed by atoms with van der Waals surface area (Å²) in [6.45, 7) is 14.2. The van der Waals surface area contributed by atoms with Crippen molar-refractivity contribution in [3.63, 3.8) is 0 Å². The maximum absolute atomic E-state index is 13.1. The average molecular weight is 683 g/mol. The zero-order valence-corrected chi connectivity index (χ0v) is 30.7. The molecule has 0 bridgehead atoms. The van der Waals surface area contributed by atoms with Crippen LogP contribution in [0.4, 0.5) is 0 Å². The van der Waals surface area contributed by atoms with E-state index in [1.54, 1.807) is 42.5 Å². The Morgan fingerprint density at radius 3 is 2.40 bits per heavy atom. The first kappa shape index (κ1) is 36.4. The summed E-state index contributed by atoms with van der Waals surface area (Å²) in [7, 11) is 0. The summed E-state index contributed by atoms with van der Waals surface area (Å²) >= 11 is 0. The molecule has 6 rings (SSSR count). The molecule has 6 heteroatoms. The van der Waals surface area contributed by atoms with Crippen LogP contribution in [0.1, 0.15) is 113 Å². The second-order valence-corrected chi connectivity index (χ2v) is 16.5. The Balaban J connectivity index is 1.01. The molecule has 2 aromatic carbocycles. The van der Waals surface area contributed by atoms with Gasteiger partial charge in [-0.1, -0.05) is 77.5 Å². The average Bonchev–Trinajstić information content (AvgIpc) is 3.49. The molecule has 10 atom stereocenters. The van der Waals surface area contributed by atoms with Gasteiger partial charge in [-0.2, -0.15) is 0 Å². The van der Waals surface area contributed by atoms with Crippen molar-refractivity contribution < 1.29 is 28.9 Å². The van der Waals surface area contributed by atoms with E-state index in [1.807, 2.05) is 18.2 Å². The number of aliphatic hydroxyl groups is 1. The van der Waals surface area contributed by atoms with Crippen LogP contribution in [0.25, 0.3) is 0 Å². The Hall–Kier alpha value is -3.38. The molecule has 3 saturated carbocycles. The normalized spacial score (nSPS) is 32.7. The topological polar surface area (TPSA) is 82.1 Å². The SMILES string of the molecule is C=CCOc1ccc(C(=O)OCC(C)CCC[C@@H](C)[C@H]2CC[C@H]3[C@@H]4CC=C5C(OC(=O)c6ccccc6)[C@@H](O)CC[C@]5(C)[C@H]4CC[C@]23C)cc1. The van der Waals surface area contributed by atoms with Gasteiger partial charge in [0.25, 0.3) is 0 Å². The van der Waals surface area contributed by atoms with Crippen molar-refractivity contribution in [1.29, 1.82) is 0 Å². The van der Waals surface area contributed by atoms with Crippen LogP contribution in [0.5, 0.6) is 5.75 Å². The summed E-state index contributed by atoms with van der Waals surface area (Å²) in [5.41, 5.74) is 2.55.